The molecule has 0 fully saturated rings. The van der Waals surface area contributed by atoms with Crippen molar-refractivity contribution in [3.8, 4) is 0 Å². The van der Waals surface area contributed by atoms with Gasteiger partial charge in [-0.2, -0.15) is 0 Å². The molecule has 0 saturated heterocycles. The summed E-state index contributed by atoms with van der Waals surface area (Å²) in [7, 11) is 0. The van der Waals surface area contributed by atoms with E-state index in [0.717, 1.165) is 12.8 Å². The van der Waals surface area contributed by atoms with E-state index in [-0.39, 0.29) is 5.92 Å². The molecule has 0 amide bonds. The van der Waals surface area contributed by atoms with Gasteiger partial charge in [-0.15, -0.1) is 0 Å². The van der Waals surface area contributed by atoms with E-state index in [0.29, 0.717) is 5.78 Å². The van der Waals surface area contributed by atoms with Crippen molar-refractivity contribution < 1.29 is 4.79 Å². The molecule has 1 rings (SSSR count). The number of benzene rings is 1. The highest BCUT2D eigenvalue weighted by Gasteiger charge is 2.05. The van der Waals surface area contributed by atoms with Gasteiger partial charge in [0.25, 0.3) is 0 Å². The second-order valence-electron chi connectivity index (χ2n) is 6.08. The fourth-order valence-electron chi connectivity index (χ4n) is 2.45. The lowest BCUT2D eigenvalue weighted by atomic mass is 10.0. The molecule has 0 saturated carbocycles. The van der Waals surface area contributed by atoms with Crippen molar-refractivity contribution in [2.75, 3.05) is 0 Å². The number of aryl methyl sites for hydroxylation is 1. The molecule has 0 aliphatic rings. The van der Waals surface area contributed by atoms with Gasteiger partial charge in [0, 0.05) is 12.3 Å². The van der Waals surface area contributed by atoms with Crippen LogP contribution < -0.4 is 0 Å². The van der Waals surface area contributed by atoms with E-state index in [2.05, 4.69) is 30.3 Å². The van der Waals surface area contributed by atoms with Crippen molar-refractivity contribution in [1.29, 1.82) is 0 Å². The fourth-order valence-corrected chi connectivity index (χ4v) is 2.45. The summed E-state index contributed by atoms with van der Waals surface area (Å²) in [6.07, 6.45) is 10.9. The van der Waals surface area contributed by atoms with Crippen molar-refractivity contribution in [2.45, 2.75) is 71.6 Å². The van der Waals surface area contributed by atoms with Gasteiger partial charge >= 0.3 is 0 Å². The molecule has 0 heterocycles. The molecule has 0 aromatic heterocycles. The minimum atomic E-state index is 0.216. The molecule has 0 spiro atoms. The van der Waals surface area contributed by atoms with Crippen molar-refractivity contribution in [3.05, 3.63) is 35.9 Å². The van der Waals surface area contributed by atoms with Gasteiger partial charge in [-0.1, -0.05) is 76.3 Å². The summed E-state index contributed by atoms with van der Waals surface area (Å²) in [5, 5.41) is 0. The molecule has 0 bridgehead atoms. The van der Waals surface area contributed by atoms with Gasteiger partial charge in [0.1, 0.15) is 5.78 Å². The van der Waals surface area contributed by atoms with Crippen LogP contribution in [-0.4, -0.2) is 5.78 Å². The van der Waals surface area contributed by atoms with E-state index in [4.69, 9.17) is 0 Å². The second-order valence-corrected chi connectivity index (χ2v) is 6.08. The molecule has 112 valence electrons. The average Bonchev–Trinajstić information content (AvgIpc) is 2.46. The Labute approximate surface area is 124 Å². The third-order valence-corrected chi connectivity index (χ3v) is 3.88. The van der Waals surface area contributed by atoms with Crippen LogP contribution in [0.1, 0.15) is 70.8 Å². The predicted molar refractivity (Wildman–Crippen MR) is 86.9 cm³/mol. The Balaban J connectivity index is 1.87. The summed E-state index contributed by atoms with van der Waals surface area (Å²) < 4.78 is 0. The Kier molecular flexibility index (Phi) is 9.02. The monoisotopic (exact) mass is 274 g/mol. The second kappa shape index (κ2) is 10.7. The lowest BCUT2D eigenvalue weighted by molar-refractivity contribution is -0.122. The minimum Gasteiger partial charge on any atom is -0.299 e. The summed E-state index contributed by atoms with van der Waals surface area (Å²) in [5.41, 5.74) is 1.46. The van der Waals surface area contributed by atoms with Gasteiger partial charge < -0.3 is 0 Å². The number of hydrogen-bond acceptors (Lipinski definition) is 1. The number of hydrogen-bond donors (Lipinski definition) is 0. The molecule has 0 N–H and O–H groups in total. The van der Waals surface area contributed by atoms with Crippen LogP contribution in [0.15, 0.2) is 30.3 Å². The third-order valence-electron chi connectivity index (χ3n) is 3.88. The molecule has 20 heavy (non-hydrogen) atoms. The maximum Gasteiger partial charge on any atom is 0.135 e. The van der Waals surface area contributed by atoms with Crippen LogP contribution in [0.4, 0.5) is 0 Å². The summed E-state index contributed by atoms with van der Waals surface area (Å²) >= 11 is 0. The average molecular weight is 274 g/mol. The van der Waals surface area contributed by atoms with E-state index in [1.807, 2.05) is 13.8 Å². The first kappa shape index (κ1) is 16.9. The Morgan fingerprint density at radius 2 is 1.40 bits per heavy atom. The maximum atomic E-state index is 11.5. The van der Waals surface area contributed by atoms with Gasteiger partial charge in [0.2, 0.25) is 0 Å². The molecule has 1 nitrogen and oxygen atoms in total. The highest BCUT2D eigenvalue weighted by atomic mass is 16.1. The zero-order valence-electron chi connectivity index (χ0n) is 13.2. The topological polar surface area (TPSA) is 17.1 Å². The van der Waals surface area contributed by atoms with E-state index in [9.17, 15) is 4.79 Å². The van der Waals surface area contributed by atoms with Crippen molar-refractivity contribution in [2.24, 2.45) is 5.92 Å². The SMILES string of the molecule is CC(C)C(=O)CCCCCCCCCc1ccccc1. The first-order valence-corrected chi connectivity index (χ1v) is 8.27. The van der Waals surface area contributed by atoms with E-state index >= 15 is 0 Å². The number of rotatable bonds is 11. The zero-order chi connectivity index (χ0) is 14.6. The van der Waals surface area contributed by atoms with Gasteiger partial charge in [0.05, 0.1) is 0 Å². The summed E-state index contributed by atoms with van der Waals surface area (Å²) in [4.78, 5) is 11.5. The van der Waals surface area contributed by atoms with Crippen LogP contribution in [0, 0.1) is 5.92 Å². The van der Waals surface area contributed by atoms with E-state index in [1.165, 1.54) is 50.5 Å². The Morgan fingerprint density at radius 1 is 0.850 bits per heavy atom. The first-order chi connectivity index (χ1) is 9.70. The van der Waals surface area contributed by atoms with Crippen LogP contribution in [0.3, 0.4) is 0 Å². The van der Waals surface area contributed by atoms with Crippen LogP contribution >= 0.6 is 0 Å². The largest absolute Gasteiger partial charge is 0.299 e. The Bertz CT molecular complexity index is 353. The fraction of sp³-hybridized carbons (Fsp3) is 0.632. The number of ketones is 1. The molecule has 0 aliphatic carbocycles. The highest BCUT2D eigenvalue weighted by molar-refractivity contribution is 5.80. The number of Topliss-reactive ketones (excluding diaryl/α,β-unsaturated/α-hetero) is 1. The zero-order valence-corrected chi connectivity index (χ0v) is 13.2. The van der Waals surface area contributed by atoms with Crippen molar-refractivity contribution >= 4 is 5.78 Å². The van der Waals surface area contributed by atoms with Crippen LogP contribution in [0.25, 0.3) is 0 Å². The predicted octanol–water partition coefficient (Wildman–Crippen LogP) is 5.58. The molecule has 1 aromatic rings. The molecular formula is C19H30O. The molecular weight excluding hydrogens is 244 g/mol. The van der Waals surface area contributed by atoms with E-state index in [1.54, 1.807) is 0 Å². The van der Waals surface area contributed by atoms with Gasteiger partial charge in [-0.05, 0) is 24.8 Å². The molecule has 1 heteroatoms. The molecule has 0 radical (unpaired) electrons. The molecule has 0 aliphatic heterocycles. The smallest absolute Gasteiger partial charge is 0.135 e. The summed E-state index contributed by atoms with van der Waals surface area (Å²) in [6.45, 7) is 3.99. The van der Waals surface area contributed by atoms with Gasteiger partial charge in [-0.3, -0.25) is 4.79 Å². The van der Waals surface area contributed by atoms with Crippen LogP contribution in [0.2, 0.25) is 0 Å². The summed E-state index contributed by atoms with van der Waals surface area (Å²) in [6, 6.07) is 10.7. The molecule has 0 atom stereocenters. The highest BCUT2D eigenvalue weighted by Crippen LogP contribution is 2.12. The lowest BCUT2D eigenvalue weighted by Gasteiger charge is -2.04. The van der Waals surface area contributed by atoms with Crippen LogP contribution in [-0.2, 0) is 11.2 Å². The Morgan fingerprint density at radius 3 is 2.00 bits per heavy atom. The van der Waals surface area contributed by atoms with Gasteiger partial charge in [-0.25, -0.2) is 0 Å². The number of carbonyl (C=O) groups excluding carboxylic acids is 1. The lowest BCUT2D eigenvalue weighted by Crippen LogP contribution is -2.05. The van der Waals surface area contributed by atoms with Crippen LogP contribution in [0.5, 0.6) is 0 Å². The van der Waals surface area contributed by atoms with Crippen molar-refractivity contribution in [3.63, 3.8) is 0 Å². The maximum absolute atomic E-state index is 11.5. The Hall–Kier alpha value is -1.11. The standard InChI is InChI=1S/C19H30O/c1-17(2)19(20)16-12-7-5-3-4-6-9-13-18-14-10-8-11-15-18/h8,10-11,14-15,17H,3-7,9,12-13,16H2,1-2H3. The van der Waals surface area contributed by atoms with E-state index < -0.39 is 0 Å². The molecule has 1 aromatic carbocycles. The quantitative estimate of drug-likeness (QED) is 0.482. The normalized spacial score (nSPS) is 10.9. The third kappa shape index (κ3) is 8.14. The number of carbonyl (C=O) groups is 1. The molecule has 0 unspecified atom stereocenters. The summed E-state index contributed by atoms with van der Waals surface area (Å²) in [5.74, 6) is 0.640. The number of unbranched alkanes of at least 4 members (excludes halogenated alkanes) is 6. The van der Waals surface area contributed by atoms with Crippen molar-refractivity contribution in [1.82, 2.24) is 0 Å². The minimum absolute atomic E-state index is 0.216. The van der Waals surface area contributed by atoms with Gasteiger partial charge in [0.15, 0.2) is 0 Å². The first-order valence-electron chi connectivity index (χ1n) is 8.27.